The van der Waals surface area contributed by atoms with E-state index >= 15 is 0 Å². The predicted octanol–water partition coefficient (Wildman–Crippen LogP) is 5.81. The van der Waals surface area contributed by atoms with Crippen LogP contribution in [0.4, 0.5) is 0 Å². The molecule has 18 heavy (non-hydrogen) atoms. The highest BCUT2D eigenvalue weighted by Crippen LogP contribution is 2.39. The minimum Gasteiger partial charge on any atom is -0.122 e. The minimum atomic E-state index is 0.767. The van der Waals surface area contributed by atoms with E-state index in [9.17, 15) is 0 Å². The molecule has 0 aliphatic heterocycles. The van der Waals surface area contributed by atoms with Crippen molar-refractivity contribution in [1.29, 1.82) is 0 Å². The van der Waals surface area contributed by atoms with Gasteiger partial charge in [0.25, 0.3) is 0 Å². The van der Waals surface area contributed by atoms with Crippen molar-refractivity contribution in [2.45, 2.75) is 38.5 Å². The van der Waals surface area contributed by atoms with Gasteiger partial charge in [0.15, 0.2) is 0 Å². The fraction of sp³-hybridized carbons (Fsp3) is 0.500. The first-order valence-electron chi connectivity index (χ1n) is 6.65. The molecule has 0 N–H and O–H groups in total. The van der Waals surface area contributed by atoms with Crippen LogP contribution >= 0.6 is 23.4 Å². The molecule has 0 aromatic heterocycles. The first-order chi connectivity index (χ1) is 8.58. The number of hydrogen-bond acceptors (Lipinski definition) is 1. The fourth-order valence-electron chi connectivity index (χ4n) is 2.68. The van der Waals surface area contributed by atoms with Gasteiger partial charge in [0.2, 0.25) is 0 Å². The number of benzene rings is 1. The molecule has 1 atom stereocenters. The summed E-state index contributed by atoms with van der Waals surface area (Å²) in [6.45, 7) is 6.99. The van der Waals surface area contributed by atoms with E-state index < -0.39 is 0 Å². The zero-order chi connectivity index (χ0) is 13.1. The summed E-state index contributed by atoms with van der Waals surface area (Å²) in [4.78, 5) is 1.31. The Bertz CT molecular complexity index is 431. The van der Waals surface area contributed by atoms with E-state index in [2.05, 4.69) is 32.9 Å². The highest BCUT2D eigenvalue weighted by molar-refractivity contribution is 7.99. The molecule has 2 rings (SSSR count). The summed E-state index contributed by atoms with van der Waals surface area (Å²) in [6, 6.07) is 8.17. The van der Waals surface area contributed by atoms with Crippen molar-refractivity contribution in [3.8, 4) is 0 Å². The molecule has 98 valence electrons. The molecular weight excluding hydrogens is 260 g/mol. The van der Waals surface area contributed by atoms with Gasteiger partial charge < -0.3 is 0 Å². The van der Waals surface area contributed by atoms with Gasteiger partial charge in [0.05, 0.1) is 0 Å². The second kappa shape index (κ2) is 6.16. The summed E-state index contributed by atoms with van der Waals surface area (Å²) >= 11 is 7.84. The van der Waals surface area contributed by atoms with Crippen LogP contribution in [0.3, 0.4) is 0 Å². The molecule has 1 aromatic carbocycles. The van der Waals surface area contributed by atoms with Crippen LogP contribution in [0, 0.1) is 11.8 Å². The maximum Gasteiger partial charge on any atom is 0.0406 e. The Labute approximate surface area is 120 Å². The van der Waals surface area contributed by atoms with Crippen LogP contribution in [0.25, 0.3) is 0 Å². The summed E-state index contributed by atoms with van der Waals surface area (Å²) in [5.74, 6) is 2.70. The van der Waals surface area contributed by atoms with E-state index in [1.165, 1.54) is 17.7 Å². The SMILES string of the molecule is CC1=C(CSc2ccc(Cl)cc2)[C@@H](C(C)C)CC1. The second-order valence-corrected chi connectivity index (χ2v) is 6.92. The highest BCUT2D eigenvalue weighted by atomic mass is 35.5. The average molecular weight is 281 g/mol. The normalized spacial score (nSPS) is 19.9. The molecule has 0 saturated heterocycles. The largest absolute Gasteiger partial charge is 0.122 e. The summed E-state index contributed by atoms with van der Waals surface area (Å²) < 4.78 is 0. The molecule has 1 aromatic rings. The first-order valence-corrected chi connectivity index (χ1v) is 8.01. The number of allylic oxidation sites excluding steroid dienone is 1. The van der Waals surface area contributed by atoms with Crippen molar-refractivity contribution in [2.24, 2.45) is 11.8 Å². The van der Waals surface area contributed by atoms with E-state index in [1.54, 1.807) is 11.1 Å². The van der Waals surface area contributed by atoms with Gasteiger partial charge in [-0.3, -0.25) is 0 Å². The summed E-state index contributed by atoms with van der Waals surface area (Å²) in [7, 11) is 0. The Morgan fingerprint density at radius 2 is 1.94 bits per heavy atom. The van der Waals surface area contributed by atoms with E-state index in [0.717, 1.165) is 22.6 Å². The number of thioether (sulfide) groups is 1. The lowest BCUT2D eigenvalue weighted by atomic mass is 9.90. The smallest absolute Gasteiger partial charge is 0.0406 e. The van der Waals surface area contributed by atoms with Gasteiger partial charge in [0, 0.05) is 15.7 Å². The average Bonchev–Trinajstić information content (AvgIpc) is 2.70. The van der Waals surface area contributed by atoms with E-state index in [1.807, 2.05) is 23.9 Å². The lowest BCUT2D eigenvalue weighted by Crippen LogP contribution is -2.09. The van der Waals surface area contributed by atoms with Gasteiger partial charge in [-0.15, -0.1) is 11.8 Å². The zero-order valence-electron chi connectivity index (χ0n) is 11.4. The molecule has 0 saturated carbocycles. The quantitative estimate of drug-likeness (QED) is 0.495. The summed E-state index contributed by atoms with van der Waals surface area (Å²) in [6.07, 6.45) is 2.64. The summed E-state index contributed by atoms with van der Waals surface area (Å²) in [5.41, 5.74) is 3.31. The molecule has 0 unspecified atom stereocenters. The van der Waals surface area contributed by atoms with Gasteiger partial charge in [0.1, 0.15) is 0 Å². The number of halogens is 1. The molecule has 0 amide bonds. The standard InChI is InChI=1S/C16H21ClS/c1-11(2)15-9-4-12(3)16(15)10-18-14-7-5-13(17)6-8-14/h5-8,11,15H,4,9-10H2,1-3H3/t15-/m1/s1. The van der Waals surface area contributed by atoms with E-state index in [0.29, 0.717) is 0 Å². The van der Waals surface area contributed by atoms with Crippen LogP contribution in [-0.4, -0.2) is 5.75 Å². The van der Waals surface area contributed by atoms with Gasteiger partial charge in [-0.2, -0.15) is 0 Å². The molecule has 0 heterocycles. The summed E-state index contributed by atoms with van der Waals surface area (Å²) in [5, 5.41) is 0.815. The number of hydrogen-bond donors (Lipinski definition) is 0. The monoisotopic (exact) mass is 280 g/mol. The topological polar surface area (TPSA) is 0 Å². The van der Waals surface area contributed by atoms with Crippen LogP contribution in [-0.2, 0) is 0 Å². The minimum absolute atomic E-state index is 0.767. The Morgan fingerprint density at radius 1 is 1.28 bits per heavy atom. The molecule has 1 aliphatic carbocycles. The van der Waals surface area contributed by atoms with Crippen molar-refractivity contribution < 1.29 is 0 Å². The second-order valence-electron chi connectivity index (χ2n) is 5.44. The molecule has 1 aliphatic rings. The van der Waals surface area contributed by atoms with E-state index in [-0.39, 0.29) is 0 Å². The molecule has 0 spiro atoms. The Balaban J connectivity index is 2.00. The molecule has 0 radical (unpaired) electrons. The number of rotatable bonds is 4. The zero-order valence-corrected chi connectivity index (χ0v) is 12.9. The van der Waals surface area contributed by atoms with Crippen LogP contribution < -0.4 is 0 Å². The fourth-order valence-corrected chi connectivity index (χ4v) is 3.92. The maximum atomic E-state index is 5.91. The molecular formula is C16H21ClS. The molecule has 2 heteroatoms. The van der Waals surface area contributed by atoms with Gasteiger partial charge in [-0.25, -0.2) is 0 Å². The Hall–Kier alpha value is -0.400. The van der Waals surface area contributed by atoms with Crippen molar-refractivity contribution >= 4 is 23.4 Å². The van der Waals surface area contributed by atoms with Crippen LogP contribution in [0.15, 0.2) is 40.3 Å². The predicted molar refractivity (Wildman–Crippen MR) is 82.4 cm³/mol. The third-order valence-corrected chi connectivity index (χ3v) is 5.15. The first kappa shape index (κ1) is 14.0. The van der Waals surface area contributed by atoms with Crippen molar-refractivity contribution in [3.63, 3.8) is 0 Å². The van der Waals surface area contributed by atoms with Crippen molar-refractivity contribution in [1.82, 2.24) is 0 Å². The molecule has 0 fully saturated rings. The van der Waals surface area contributed by atoms with Gasteiger partial charge in [-0.05, 0) is 55.9 Å². The Morgan fingerprint density at radius 3 is 2.56 bits per heavy atom. The Kier molecular flexibility index (Phi) is 4.80. The van der Waals surface area contributed by atoms with Crippen LogP contribution in [0.5, 0.6) is 0 Å². The van der Waals surface area contributed by atoms with E-state index in [4.69, 9.17) is 11.6 Å². The lowest BCUT2D eigenvalue weighted by molar-refractivity contribution is 0.441. The van der Waals surface area contributed by atoms with Crippen molar-refractivity contribution in [3.05, 3.63) is 40.4 Å². The van der Waals surface area contributed by atoms with Crippen molar-refractivity contribution in [2.75, 3.05) is 5.75 Å². The van der Waals surface area contributed by atoms with Crippen LogP contribution in [0.1, 0.15) is 33.6 Å². The lowest BCUT2D eigenvalue weighted by Gasteiger charge is -2.19. The third-order valence-electron chi connectivity index (χ3n) is 3.84. The maximum absolute atomic E-state index is 5.91. The molecule has 0 nitrogen and oxygen atoms in total. The highest BCUT2D eigenvalue weighted by Gasteiger charge is 2.25. The van der Waals surface area contributed by atoms with Crippen LogP contribution in [0.2, 0.25) is 5.02 Å². The van der Waals surface area contributed by atoms with Gasteiger partial charge in [-0.1, -0.05) is 36.6 Å². The molecule has 0 bridgehead atoms. The van der Waals surface area contributed by atoms with Gasteiger partial charge >= 0.3 is 0 Å². The third kappa shape index (κ3) is 3.33.